The van der Waals surface area contributed by atoms with Crippen molar-refractivity contribution < 1.29 is 4.55 Å². The van der Waals surface area contributed by atoms with Gasteiger partial charge in [0, 0.05) is 0 Å². The Kier molecular flexibility index (Phi) is 4.31. The van der Waals surface area contributed by atoms with Gasteiger partial charge < -0.3 is 4.55 Å². The van der Waals surface area contributed by atoms with Crippen LogP contribution in [0.4, 0.5) is 0 Å². The Balaban J connectivity index is 2.74. The number of nitrogens with zero attached hydrogens (tertiary/aromatic N) is 2. The van der Waals surface area contributed by atoms with E-state index in [0.717, 1.165) is 4.60 Å². The average molecular weight is 289 g/mol. The number of pyridine rings is 1. The van der Waals surface area contributed by atoms with Gasteiger partial charge in [-0.3, -0.25) is 0 Å². The summed E-state index contributed by atoms with van der Waals surface area (Å²) >= 11 is 2.03. The van der Waals surface area contributed by atoms with Crippen LogP contribution in [0.25, 0.3) is 0 Å². The van der Waals surface area contributed by atoms with E-state index in [1.807, 2.05) is 39.0 Å². The van der Waals surface area contributed by atoms with Crippen molar-refractivity contribution in [3.05, 3.63) is 28.5 Å². The molecule has 1 rings (SSSR count). The number of hydrogen-bond donors (Lipinski definition) is 0. The van der Waals surface area contributed by atoms with Crippen molar-refractivity contribution in [2.45, 2.75) is 25.5 Å². The molecule has 0 spiro atoms. The molecule has 1 aromatic rings. The van der Waals surface area contributed by atoms with Crippen molar-refractivity contribution in [2.24, 2.45) is 4.40 Å². The minimum absolute atomic E-state index is 0.331. The highest BCUT2D eigenvalue weighted by Gasteiger charge is 2.25. The lowest BCUT2D eigenvalue weighted by molar-refractivity contribution is 0.562. The van der Waals surface area contributed by atoms with Crippen molar-refractivity contribution >= 4 is 33.5 Å². The van der Waals surface area contributed by atoms with Crippen LogP contribution in [-0.4, -0.2) is 20.5 Å². The number of aromatic nitrogens is 1. The van der Waals surface area contributed by atoms with Gasteiger partial charge in [-0.25, -0.2) is 4.98 Å². The van der Waals surface area contributed by atoms with E-state index in [1.165, 1.54) is 6.21 Å². The smallest absolute Gasteiger partial charge is 0.144 e. The van der Waals surface area contributed by atoms with Crippen molar-refractivity contribution in [2.75, 3.05) is 0 Å². The number of rotatable bonds is 2. The molecule has 0 aliphatic rings. The standard InChI is InChI=1S/C10H13BrN2OS/c1-10(2,3)15(14)12-7-8-5-4-6-9(11)13-8/h4-7H,1-3H3/b12-7-. The zero-order valence-corrected chi connectivity index (χ0v) is 11.3. The van der Waals surface area contributed by atoms with Crippen LogP contribution in [0.1, 0.15) is 26.5 Å². The summed E-state index contributed by atoms with van der Waals surface area (Å²) in [5, 5.41) is 0. The van der Waals surface area contributed by atoms with Gasteiger partial charge in [-0.1, -0.05) is 10.5 Å². The topological polar surface area (TPSA) is 48.3 Å². The zero-order valence-electron chi connectivity index (χ0n) is 8.90. The van der Waals surface area contributed by atoms with E-state index < -0.39 is 11.4 Å². The summed E-state index contributed by atoms with van der Waals surface area (Å²) in [5.41, 5.74) is 0.696. The van der Waals surface area contributed by atoms with E-state index in [1.54, 1.807) is 0 Å². The lowest BCUT2D eigenvalue weighted by Crippen LogP contribution is -2.25. The van der Waals surface area contributed by atoms with Gasteiger partial charge in [0.15, 0.2) is 0 Å². The monoisotopic (exact) mass is 288 g/mol. The minimum Gasteiger partial charge on any atom is -0.591 e. The molecule has 1 unspecified atom stereocenters. The van der Waals surface area contributed by atoms with Crippen molar-refractivity contribution in [1.29, 1.82) is 0 Å². The summed E-state index contributed by atoms with van der Waals surface area (Å²) in [6.45, 7) is 5.65. The van der Waals surface area contributed by atoms with E-state index in [9.17, 15) is 4.55 Å². The third kappa shape index (κ3) is 4.32. The van der Waals surface area contributed by atoms with Gasteiger partial charge >= 0.3 is 0 Å². The Labute approximate surface area is 101 Å². The molecule has 0 aromatic carbocycles. The summed E-state index contributed by atoms with van der Waals surface area (Å²) in [6.07, 6.45) is 1.53. The number of hydrogen-bond acceptors (Lipinski definition) is 3. The van der Waals surface area contributed by atoms with E-state index in [0.29, 0.717) is 5.69 Å². The molecule has 82 valence electrons. The van der Waals surface area contributed by atoms with E-state index >= 15 is 0 Å². The Morgan fingerprint density at radius 2 is 2.13 bits per heavy atom. The summed E-state index contributed by atoms with van der Waals surface area (Å²) < 4.78 is 16.0. The Morgan fingerprint density at radius 1 is 1.47 bits per heavy atom. The molecule has 0 saturated heterocycles. The lowest BCUT2D eigenvalue weighted by Gasteiger charge is -2.17. The summed E-state index contributed by atoms with van der Waals surface area (Å²) in [7, 11) is 0. The molecule has 1 atom stereocenters. The Bertz CT molecular complexity index is 363. The summed E-state index contributed by atoms with van der Waals surface area (Å²) in [6, 6.07) is 5.50. The maximum atomic E-state index is 11.6. The first-order valence-electron chi connectivity index (χ1n) is 4.48. The normalized spacial score (nSPS) is 14.5. The van der Waals surface area contributed by atoms with Gasteiger partial charge in [0.2, 0.25) is 0 Å². The molecule has 0 bridgehead atoms. The first-order valence-corrected chi connectivity index (χ1v) is 6.38. The molecule has 0 radical (unpaired) electrons. The molecule has 0 amide bonds. The van der Waals surface area contributed by atoms with Crippen LogP contribution < -0.4 is 0 Å². The molecular weight excluding hydrogens is 276 g/mol. The molecular formula is C10H13BrN2OS. The first kappa shape index (κ1) is 12.7. The molecule has 0 aliphatic carbocycles. The SMILES string of the molecule is CC(C)(C)[S+]([O-])/N=C\c1cccc(Br)n1. The molecule has 1 aromatic heterocycles. The van der Waals surface area contributed by atoms with Crippen LogP contribution in [-0.2, 0) is 11.4 Å². The van der Waals surface area contributed by atoms with Crippen LogP contribution in [0.3, 0.4) is 0 Å². The number of halogens is 1. The van der Waals surface area contributed by atoms with Crippen molar-refractivity contribution in [3.63, 3.8) is 0 Å². The van der Waals surface area contributed by atoms with Crippen LogP contribution in [0.5, 0.6) is 0 Å². The molecule has 0 fully saturated rings. The van der Waals surface area contributed by atoms with E-state index in [4.69, 9.17) is 0 Å². The second-order valence-electron chi connectivity index (χ2n) is 3.98. The van der Waals surface area contributed by atoms with E-state index in [2.05, 4.69) is 25.3 Å². The first-order chi connectivity index (χ1) is 6.89. The zero-order chi connectivity index (χ0) is 11.5. The second-order valence-corrected chi connectivity index (χ2v) is 6.73. The lowest BCUT2D eigenvalue weighted by atomic mass is 10.3. The van der Waals surface area contributed by atoms with Crippen LogP contribution in [0, 0.1) is 0 Å². The fourth-order valence-corrected chi connectivity index (χ4v) is 1.63. The molecule has 0 N–H and O–H groups in total. The van der Waals surface area contributed by atoms with E-state index in [-0.39, 0.29) is 4.75 Å². The molecule has 1 heterocycles. The van der Waals surface area contributed by atoms with Gasteiger partial charge in [-0.05, 0) is 48.8 Å². The van der Waals surface area contributed by atoms with Crippen LogP contribution >= 0.6 is 15.9 Å². The van der Waals surface area contributed by atoms with Gasteiger partial charge in [-0.15, -0.1) is 0 Å². The fourth-order valence-electron chi connectivity index (χ4n) is 0.756. The predicted octanol–water partition coefficient (Wildman–Crippen LogP) is 2.73. The average Bonchev–Trinajstić information content (AvgIpc) is 2.12. The maximum Gasteiger partial charge on any atom is 0.144 e. The highest BCUT2D eigenvalue weighted by Crippen LogP contribution is 2.16. The highest BCUT2D eigenvalue weighted by atomic mass is 79.9. The maximum absolute atomic E-state index is 11.6. The van der Waals surface area contributed by atoms with Crippen LogP contribution in [0.15, 0.2) is 27.2 Å². The van der Waals surface area contributed by atoms with Gasteiger partial charge in [0.05, 0.1) is 5.69 Å². The largest absolute Gasteiger partial charge is 0.591 e. The third-order valence-corrected chi connectivity index (χ3v) is 3.33. The Morgan fingerprint density at radius 3 is 2.67 bits per heavy atom. The highest BCUT2D eigenvalue weighted by molar-refractivity contribution is 9.10. The summed E-state index contributed by atoms with van der Waals surface area (Å²) in [4.78, 5) is 4.16. The quantitative estimate of drug-likeness (QED) is 0.477. The third-order valence-electron chi connectivity index (χ3n) is 1.54. The van der Waals surface area contributed by atoms with Crippen molar-refractivity contribution in [3.8, 4) is 0 Å². The van der Waals surface area contributed by atoms with Gasteiger partial charge in [0.1, 0.15) is 26.9 Å². The van der Waals surface area contributed by atoms with Crippen LogP contribution in [0.2, 0.25) is 0 Å². The molecule has 0 saturated carbocycles. The molecule has 0 aliphatic heterocycles. The Hall–Kier alpha value is -0.390. The predicted molar refractivity (Wildman–Crippen MR) is 67.4 cm³/mol. The molecule has 15 heavy (non-hydrogen) atoms. The molecule has 3 nitrogen and oxygen atoms in total. The fraction of sp³-hybridized carbons (Fsp3) is 0.400. The molecule has 5 heteroatoms. The van der Waals surface area contributed by atoms with Gasteiger partial charge in [-0.2, -0.15) is 0 Å². The minimum atomic E-state index is -1.23. The van der Waals surface area contributed by atoms with Crippen molar-refractivity contribution in [1.82, 2.24) is 4.98 Å². The summed E-state index contributed by atoms with van der Waals surface area (Å²) in [5.74, 6) is 0. The second kappa shape index (κ2) is 5.09. The van der Waals surface area contributed by atoms with Gasteiger partial charge in [0.25, 0.3) is 0 Å².